The summed E-state index contributed by atoms with van der Waals surface area (Å²) in [5, 5.41) is 0. The lowest BCUT2D eigenvalue weighted by Crippen LogP contribution is -2.10. The summed E-state index contributed by atoms with van der Waals surface area (Å²) in [6.45, 7) is 0.499. The number of nitrogens with two attached hydrogens (primary N) is 1. The molecule has 1 unspecified atom stereocenters. The molecule has 1 saturated carbocycles. The highest BCUT2D eigenvalue weighted by Gasteiger charge is 2.36. The summed E-state index contributed by atoms with van der Waals surface area (Å²) in [5.74, 6) is 1.54. The van der Waals surface area contributed by atoms with Gasteiger partial charge in [-0.2, -0.15) is 0 Å². The van der Waals surface area contributed by atoms with Crippen molar-refractivity contribution in [3.63, 3.8) is 0 Å². The molecule has 1 aromatic heterocycles. The minimum absolute atomic E-state index is 0.0457. The summed E-state index contributed by atoms with van der Waals surface area (Å²) in [6.07, 6.45) is 3.02. The topological polar surface area (TPSA) is 78.0 Å². The quantitative estimate of drug-likeness (QED) is 0.937. The van der Waals surface area contributed by atoms with E-state index in [1.54, 1.807) is 0 Å². The van der Waals surface area contributed by atoms with Gasteiger partial charge in [-0.15, -0.1) is 0 Å². The number of sulfone groups is 1. The smallest absolute Gasteiger partial charge is 0.151 e. The molecule has 2 fully saturated rings. The van der Waals surface area contributed by atoms with Crippen molar-refractivity contribution in [3.05, 3.63) is 29.6 Å². The third kappa shape index (κ3) is 2.26. The minimum atomic E-state index is -2.89. The van der Waals surface area contributed by atoms with Crippen LogP contribution in [0.4, 0.5) is 0 Å². The molecule has 2 N–H and O–H groups in total. The molecular formula is C15H19N3O2S. The molecule has 0 bridgehead atoms. The second-order valence-corrected chi connectivity index (χ2v) is 8.43. The van der Waals surface area contributed by atoms with Crippen LogP contribution in [0.5, 0.6) is 0 Å². The van der Waals surface area contributed by atoms with Gasteiger partial charge < -0.3 is 10.3 Å². The average molecular weight is 305 g/mol. The molecule has 21 heavy (non-hydrogen) atoms. The summed E-state index contributed by atoms with van der Waals surface area (Å²) >= 11 is 0. The zero-order chi connectivity index (χ0) is 14.6. The maximum Gasteiger partial charge on any atom is 0.151 e. The molecular weight excluding hydrogens is 286 g/mol. The molecule has 1 saturated heterocycles. The molecule has 5 nitrogen and oxygen atoms in total. The Morgan fingerprint density at radius 3 is 2.71 bits per heavy atom. The monoisotopic (exact) mass is 305 g/mol. The normalized spacial score (nSPS) is 24.7. The molecule has 2 aromatic rings. The van der Waals surface area contributed by atoms with E-state index in [2.05, 4.69) is 10.6 Å². The summed E-state index contributed by atoms with van der Waals surface area (Å²) in [5.41, 5.74) is 8.83. The van der Waals surface area contributed by atoms with E-state index in [0.717, 1.165) is 35.3 Å². The number of aromatic nitrogens is 2. The van der Waals surface area contributed by atoms with Gasteiger partial charge in [-0.1, -0.05) is 6.07 Å². The molecule has 0 amide bonds. The van der Waals surface area contributed by atoms with Crippen LogP contribution in [-0.2, 0) is 16.4 Å². The Balaban J connectivity index is 1.85. The predicted molar refractivity (Wildman–Crippen MR) is 81.9 cm³/mol. The summed E-state index contributed by atoms with van der Waals surface area (Å²) in [4.78, 5) is 4.77. The molecule has 1 aromatic carbocycles. The Labute approximate surface area is 124 Å². The van der Waals surface area contributed by atoms with E-state index in [0.29, 0.717) is 24.8 Å². The second kappa shape index (κ2) is 4.55. The van der Waals surface area contributed by atoms with Crippen LogP contribution in [0.15, 0.2) is 18.2 Å². The van der Waals surface area contributed by atoms with Gasteiger partial charge in [0.05, 0.1) is 22.5 Å². The first-order valence-corrected chi connectivity index (χ1v) is 9.31. The highest BCUT2D eigenvalue weighted by Crippen LogP contribution is 2.42. The van der Waals surface area contributed by atoms with Crippen molar-refractivity contribution >= 4 is 20.9 Å². The molecule has 6 heteroatoms. The van der Waals surface area contributed by atoms with Crippen molar-refractivity contribution in [2.45, 2.75) is 37.8 Å². The summed E-state index contributed by atoms with van der Waals surface area (Å²) in [6, 6.07) is 6.65. The van der Waals surface area contributed by atoms with Gasteiger partial charge in [-0.05, 0) is 37.0 Å². The highest BCUT2D eigenvalue weighted by molar-refractivity contribution is 7.91. The maximum atomic E-state index is 11.8. The zero-order valence-corrected chi connectivity index (χ0v) is 12.6. The van der Waals surface area contributed by atoms with Gasteiger partial charge in [0.25, 0.3) is 0 Å². The van der Waals surface area contributed by atoms with Crippen molar-refractivity contribution in [1.82, 2.24) is 9.55 Å². The Bertz CT molecular complexity index is 806. The van der Waals surface area contributed by atoms with Crippen LogP contribution in [0, 0.1) is 0 Å². The Morgan fingerprint density at radius 1 is 1.29 bits per heavy atom. The van der Waals surface area contributed by atoms with Gasteiger partial charge >= 0.3 is 0 Å². The van der Waals surface area contributed by atoms with Crippen LogP contribution >= 0.6 is 0 Å². The van der Waals surface area contributed by atoms with E-state index in [9.17, 15) is 8.42 Å². The summed E-state index contributed by atoms with van der Waals surface area (Å²) < 4.78 is 25.8. The number of nitrogens with zero attached hydrogens (tertiary/aromatic N) is 2. The Morgan fingerprint density at radius 2 is 2.10 bits per heavy atom. The molecule has 0 spiro atoms. The fourth-order valence-electron chi connectivity index (χ4n) is 3.29. The van der Waals surface area contributed by atoms with Gasteiger partial charge in [0.1, 0.15) is 5.82 Å². The standard InChI is InChI=1S/C15H19N3O2S/c16-8-10-1-4-14-13(7-10)17-15(18(14)12-2-3-12)11-5-6-21(19,20)9-11/h1,4,7,11-12H,2-3,5-6,8-9,16H2. The number of imidazole rings is 1. The van der Waals surface area contributed by atoms with Crippen LogP contribution < -0.4 is 5.73 Å². The molecule has 1 aliphatic heterocycles. The van der Waals surface area contributed by atoms with E-state index < -0.39 is 9.84 Å². The number of rotatable bonds is 3. The molecule has 1 atom stereocenters. The number of hydrogen-bond acceptors (Lipinski definition) is 4. The minimum Gasteiger partial charge on any atom is -0.326 e. The molecule has 4 rings (SSSR count). The lowest BCUT2D eigenvalue weighted by atomic mass is 10.1. The molecule has 2 aliphatic rings. The first kappa shape index (κ1) is 13.3. The Kier molecular flexibility index (Phi) is 2.87. The first-order chi connectivity index (χ1) is 10.1. The van der Waals surface area contributed by atoms with Gasteiger partial charge in [-0.25, -0.2) is 13.4 Å². The summed E-state index contributed by atoms with van der Waals surface area (Å²) in [7, 11) is -2.89. The third-order valence-electron chi connectivity index (χ3n) is 4.53. The van der Waals surface area contributed by atoms with Crippen LogP contribution in [0.25, 0.3) is 11.0 Å². The predicted octanol–water partition coefficient (Wildman–Crippen LogP) is 1.73. The maximum absolute atomic E-state index is 11.8. The van der Waals surface area contributed by atoms with Crippen LogP contribution in [0.1, 0.15) is 42.6 Å². The van der Waals surface area contributed by atoms with Crippen molar-refractivity contribution in [2.75, 3.05) is 11.5 Å². The van der Waals surface area contributed by atoms with Gasteiger partial charge in [0.2, 0.25) is 0 Å². The average Bonchev–Trinajstić information content (AvgIpc) is 3.13. The van der Waals surface area contributed by atoms with Crippen molar-refractivity contribution in [1.29, 1.82) is 0 Å². The molecule has 112 valence electrons. The zero-order valence-electron chi connectivity index (χ0n) is 11.8. The van der Waals surface area contributed by atoms with Gasteiger partial charge in [-0.3, -0.25) is 0 Å². The van der Waals surface area contributed by atoms with E-state index in [-0.39, 0.29) is 11.7 Å². The second-order valence-electron chi connectivity index (χ2n) is 6.20. The van der Waals surface area contributed by atoms with Crippen LogP contribution in [0.2, 0.25) is 0 Å². The van der Waals surface area contributed by atoms with Crippen molar-refractivity contribution in [2.24, 2.45) is 5.73 Å². The van der Waals surface area contributed by atoms with E-state index in [1.165, 1.54) is 0 Å². The van der Waals surface area contributed by atoms with E-state index >= 15 is 0 Å². The van der Waals surface area contributed by atoms with Crippen molar-refractivity contribution in [3.8, 4) is 0 Å². The number of fused-ring (bicyclic) bond motifs is 1. The Hall–Kier alpha value is -1.40. The molecule has 1 aliphatic carbocycles. The van der Waals surface area contributed by atoms with E-state index in [1.807, 2.05) is 12.1 Å². The molecule has 2 heterocycles. The lowest BCUT2D eigenvalue weighted by molar-refractivity contribution is 0.598. The third-order valence-corrected chi connectivity index (χ3v) is 6.29. The number of benzene rings is 1. The fourth-order valence-corrected chi connectivity index (χ4v) is 5.03. The van der Waals surface area contributed by atoms with Crippen LogP contribution in [0.3, 0.4) is 0 Å². The largest absolute Gasteiger partial charge is 0.326 e. The fraction of sp³-hybridized carbons (Fsp3) is 0.533. The van der Waals surface area contributed by atoms with Gasteiger partial charge in [0.15, 0.2) is 9.84 Å². The lowest BCUT2D eigenvalue weighted by Gasteiger charge is -2.11. The van der Waals surface area contributed by atoms with Gasteiger partial charge in [0, 0.05) is 18.5 Å². The number of hydrogen-bond donors (Lipinski definition) is 1. The van der Waals surface area contributed by atoms with E-state index in [4.69, 9.17) is 10.7 Å². The van der Waals surface area contributed by atoms with Crippen LogP contribution in [-0.4, -0.2) is 29.5 Å². The van der Waals surface area contributed by atoms with Crippen molar-refractivity contribution < 1.29 is 8.42 Å². The first-order valence-electron chi connectivity index (χ1n) is 7.48. The molecule has 0 radical (unpaired) electrons. The SMILES string of the molecule is NCc1ccc2c(c1)nc(C1CCS(=O)(=O)C1)n2C1CC1. The highest BCUT2D eigenvalue weighted by atomic mass is 32.2.